The molecule has 0 saturated carbocycles. The number of hydrogen-bond donors (Lipinski definition) is 6. The molecule has 26 heavy (non-hydrogen) atoms. The standard InChI is InChI=1S/C17H19N3O6/c1-18-17(25)9-4-8(13-10(5-9)6-19-20-13)2-3-11-14(22)16(24)15(23)12(7-21)26-11/h4-6,11-12,14-16,21-24H,7H2,1H3,(H,18,25)(H,19,20)/t11-,12-,14-,15-,16-/m1/s1. The fourth-order valence-electron chi connectivity index (χ4n) is 2.80. The van der Waals surface area contributed by atoms with Crippen molar-refractivity contribution in [2.45, 2.75) is 30.5 Å². The highest BCUT2D eigenvalue weighted by molar-refractivity contribution is 5.99. The molecule has 1 fully saturated rings. The first-order valence-electron chi connectivity index (χ1n) is 7.97. The Hall–Kier alpha value is -2.48. The lowest BCUT2D eigenvalue weighted by atomic mass is 9.95. The van der Waals surface area contributed by atoms with E-state index in [-0.39, 0.29) is 5.91 Å². The van der Waals surface area contributed by atoms with E-state index in [1.54, 1.807) is 18.3 Å². The highest BCUT2D eigenvalue weighted by atomic mass is 16.5. The fourth-order valence-corrected chi connectivity index (χ4v) is 2.80. The number of carbonyl (C=O) groups excluding carboxylic acids is 1. The van der Waals surface area contributed by atoms with Gasteiger partial charge >= 0.3 is 0 Å². The fraction of sp³-hybridized carbons (Fsp3) is 0.412. The second-order valence-corrected chi connectivity index (χ2v) is 5.96. The third-order valence-electron chi connectivity index (χ3n) is 4.28. The minimum absolute atomic E-state index is 0.288. The molecule has 0 spiro atoms. The van der Waals surface area contributed by atoms with Crippen LogP contribution in [0.5, 0.6) is 0 Å². The number of nitrogens with one attached hydrogen (secondary N) is 2. The Morgan fingerprint density at radius 3 is 2.77 bits per heavy atom. The van der Waals surface area contributed by atoms with Crippen LogP contribution in [-0.2, 0) is 4.74 Å². The van der Waals surface area contributed by atoms with Crippen LogP contribution in [0.2, 0.25) is 0 Å². The molecular formula is C17H19N3O6. The first-order chi connectivity index (χ1) is 12.5. The number of rotatable bonds is 2. The zero-order valence-corrected chi connectivity index (χ0v) is 13.9. The van der Waals surface area contributed by atoms with Gasteiger partial charge in [0.05, 0.1) is 23.9 Å². The van der Waals surface area contributed by atoms with Gasteiger partial charge in [-0.05, 0) is 12.1 Å². The maximum atomic E-state index is 11.9. The Bertz CT molecular complexity index is 868. The molecule has 1 saturated heterocycles. The zero-order chi connectivity index (χ0) is 18.8. The number of aromatic amines is 1. The molecule has 6 N–H and O–H groups in total. The van der Waals surface area contributed by atoms with Crippen molar-refractivity contribution in [3.63, 3.8) is 0 Å². The van der Waals surface area contributed by atoms with Crippen molar-refractivity contribution < 1.29 is 30.0 Å². The molecule has 2 aromatic rings. The van der Waals surface area contributed by atoms with Gasteiger partial charge in [-0.3, -0.25) is 9.89 Å². The first kappa shape index (κ1) is 18.3. The lowest BCUT2D eigenvalue weighted by Crippen LogP contribution is -2.58. The van der Waals surface area contributed by atoms with Crippen molar-refractivity contribution in [1.82, 2.24) is 15.5 Å². The van der Waals surface area contributed by atoms with Gasteiger partial charge < -0.3 is 30.5 Å². The molecule has 0 unspecified atom stereocenters. The Morgan fingerprint density at radius 2 is 2.08 bits per heavy atom. The first-order valence-corrected chi connectivity index (χ1v) is 7.97. The van der Waals surface area contributed by atoms with E-state index in [0.29, 0.717) is 22.0 Å². The van der Waals surface area contributed by atoms with E-state index in [9.17, 15) is 25.2 Å². The van der Waals surface area contributed by atoms with Gasteiger partial charge in [-0.1, -0.05) is 11.8 Å². The zero-order valence-electron chi connectivity index (χ0n) is 13.9. The molecule has 0 aliphatic carbocycles. The minimum Gasteiger partial charge on any atom is -0.394 e. The Morgan fingerprint density at radius 1 is 1.31 bits per heavy atom. The summed E-state index contributed by atoms with van der Waals surface area (Å²) >= 11 is 0. The minimum atomic E-state index is -1.50. The van der Waals surface area contributed by atoms with E-state index in [2.05, 4.69) is 27.4 Å². The number of fused-ring (bicyclic) bond motifs is 1. The van der Waals surface area contributed by atoms with Gasteiger partial charge in [0.15, 0.2) is 0 Å². The molecule has 1 aliphatic rings. The molecule has 1 aromatic heterocycles. The van der Waals surface area contributed by atoms with E-state index < -0.39 is 37.1 Å². The summed E-state index contributed by atoms with van der Waals surface area (Å²) in [6, 6.07) is 3.23. The van der Waals surface area contributed by atoms with E-state index in [0.717, 1.165) is 0 Å². The Kier molecular flexibility index (Phi) is 5.22. The number of H-pyrrole nitrogens is 1. The smallest absolute Gasteiger partial charge is 0.251 e. The van der Waals surface area contributed by atoms with Crippen LogP contribution in [0.1, 0.15) is 15.9 Å². The maximum Gasteiger partial charge on any atom is 0.251 e. The van der Waals surface area contributed by atoms with E-state index in [1.165, 1.54) is 7.05 Å². The summed E-state index contributed by atoms with van der Waals surface area (Å²) in [4.78, 5) is 11.9. The van der Waals surface area contributed by atoms with Gasteiger partial charge in [0.1, 0.15) is 30.5 Å². The number of carbonyl (C=O) groups is 1. The van der Waals surface area contributed by atoms with Gasteiger partial charge in [0.25, 0.3) is 5.91 Å². The number of aliphatic hydroxyl groups excluding tert-OH is 4. The van der Waals surface area contributed by atoms with Crippen LogP contribution in [0, 0.1) is 11.8 Å². The normalized spacial score (nSPS) is 28.4. The summed E-state index contributed by atoms with van der Waals surface area (Å²) in [5, 5.41) is 48.8. The van der Waals surface area contributed by atoms with Gasteiger partial charge in [0.2, 0.25) is 0 Å². The van der Waals surface area contributed by atoms with Crippen LogP contribution in [0.3, 0.4) is 0 Å². The van der Waals surface area contributed by atoms with Crippen molar-refractivity contribution >= 4 is 16.8 Å². The number of amides is 1. The molecule has 1 amide bonds. The molecular weight excluding hydrogens is 342 g/mol. The number of benzene rings is 1. The van der Waals surface area contributed by atoms with Crippen molar-refractivity contribution in [2.75, 3.05) is 13.7 Å². The molecule has 0 bridgehead atoms. The number of nitrogens with zero attached hydrogens (tertiary/aromatic N) is 1. The second-order valence-electron chi connectivity index (χ2n) is 5.96. The van der Waals surface area contributed by atoms with Crippen LogP contribution in [-0.4, -0.2) is 80.7 Å². The SMILES string of the molecule is CNC(=O)c1cc(C#C[C@H]2O[C@H](CO)[C@@H](O)[C@H](O)[C@@H]2O)c2[nH]ncc2c1. The Labute approximate surface area is 148 Å². The molecule has 2 heterocycles. The van der Waals surface area contributed by atoms with Crippen molar-refractivity contribution in [3.05, 3.63) is 29.5 Å². The number of hydrogen-bond acceptors (Lipinski definition) is 7. The van der Waals surface area contributed by atoms with Crippen LogP contribution >= 0.6 is 0 Å². The van der Waals surface area contributed by atoms with Crippen molar-refractivity contribution in [2.24, 2.45) is 0 Å². The van der Waals surface area contributed by atoms with Gasteiger partial charge in [-0.25, -0.2) is 0 Å². The van der Waals surface area contributed by atoms with Crippen LogP contribution in [0.4, 0.5) is 0 Å². The molecule has 138 valence electrons. The van der Waals surface area contributed by atoms with E-state index in [1.807, 2.05) is 0 Å². The lowest BCUT2D eigenvalue weighted by molar-refractivity contribution is -0.214. The predicted octanol–water partition coefficient (Wildman–Crippen LogP) is -1.88. The quantitative estimate of drug-likeness (QED) is 0.343. The van der Waals surface area contributed by atoms with Crippen molar-refractivity contribution in [1.29, 1.82) is 0 Å². The highest BCUT2D eigenvalue weighted by Crippen LogP contribution is 2.22. The van der Waals surface area contributed by atoms with E-state index >= 15 is 0 Å². The third-order valence-corrected chi connectivity index (χ3v) is 4.28. The van der Waals surface area contributed by atoms with Gasteiger partial charge in [0, 0.05) is 18.0 Å². The predicted molar refractivity (Wildman–Crippen MR) is 90.1 cm³/mol. The molecule has 5 atom stereocenters. The van der Waals surface area contributed by atoms with Gasteiger partial charge in [-0.15, -0.1) is 0 Å². The highest BCUT2D eigenvalue weighted by Gasteiger charge is 2.42. The van der Waals surface area contributed by atoms with Crippen LogP contribution < -0.4 is 5.32 Å². The average Bonchev–Trinajstić information content (AvgIpc) is 3.13. The second kappa shape index (κ2) is 7.41. The number of aromatic nitrogens is 2. The summed E-state index contributed by atoms with van der Waals surface area (Å²) in [6.45, 7) is -0.528. The molecule has 9 heteroatoms. The monoisotopic (exact) mass is 361 g/mol. The number of ether oxygens (including phenoxy) is 1. The summed E-state index contributed by atoms with van der Waals surface area (Å²) in [5.41, 5.74) is 1.45. The largest absolute Gasteiger partial charge is 0.394 e. The lowest BCUT2D eigenvalue weighted by Gasteiger charge is -2.37. The van der Waals surface area contributed by atoms with Crippen LogP contribution in [0.25, 0.3) is 10.9 Å². The molecule has 1 aromatic carbocycles. The third kappa shape index (κ3) is 3.29. The van der Waals surface area contributed by atoms with Crippen LogP contribution in [0.15, 0.2) is 18.3 Å². The maximum absolute atomic E-state index is 11.9. The average molecular weight is 361 g/mol. The topological polar surface area (TPSA) is 148 Å². The van der Waals surface area contributed by atoms with Crippen molar-refractivity contribution in [3.8, 4) is 11.8 Å². The van der Waals surface area contributed by atoms with Gasteiger partial charge in [-0.2, -0.15) is 5.10 Å². The number of aliphatic hydroxyl groups is 4. The summed E-state index contributed by atoms with van der Waals surface area (Å²) < 4.78 is 5.36. The molecule has 3 rings (SSSR count). The molecule has 0 radical (unpaired) electrons. The van der Waals surface area contributed by atoms with E-state index in [4.69, 9.17) is 4.74 Å². The summed E-state index contributed by atoms with van der Waals surface area (Å²) in [6.07, 6.45) is -4.97. The Balaban J connectivity index is 1.96. The molecule has 1 aliphatic heterocycles. The summed E-state index contributed by atoms with van der Waals surface area (Å²) in [5.74, 6) is 5.21. The summed E-state index contributed by atoms with van der Waals surface area (Å²) in [7, 11) is 1.52. The molecule has 9 nitrogen and oxygen atoms in total.